The van der Waals surface area contributed by atoms with Crippen LogP contribution in [0.3, 0.4) is 0 Å². The third kappa shape index (κ3) is 3.19. The van der Waals surface area contributed by atoms with Gasteiger partial charge in [0.25, 0.3) is 0 Å². The van der Waals surface area contributed by atoms with Crippen molar-refractivity contribution in [3.8, 4) is 0 Å². The van der Waals surface area contributed by atoms with Gasteiger partial charge in [-0.05, 0) is 31.9 Å². The van der Waals surface area contributed by atoms with Gasteiger partial charge in [0, 0.05) is 17.8 Å². The first kappa shape index (κ1) is 10.3. The summed E-state index contributed by atoms with van der Waals surface area (Å²) >= 11 is 5.75. The maximum Gasteiger partial charge on any atom is 0.224 e. The predicted molar refractivity (Wildman–Crippen MR) is 55.2 cm³/mol. The van der Waals surface area contributed by atoms with Crippen molar-refractivity contribution in [2.24, 2.45) is 0 Å². The molecule has 1 heterocycles. The topological polar surface area (TPSA) is 37.8 Å². The summed E-state index contributed by atoms with van der Waals surface area (Å²) in [4.78, 5) is 8.14. The minimum absolute atomic E-state index is 0.308. The van der Waals surface area contributed by atoms with Gasteiger partial charge in [0.1, 0.15) is 5.82 Å². The predicted octanol–water partition coefficient (Wildman–Crippen LogP) is 2.51. The minimum atomic E-state index is 0.308. The van der Waals surface area contributed by atoms with E-state index in [1.165, 1.54) is 0 Å². The molecule has 0 saturated heterocycles. The van der Waals surface area contributed by atoms with E-state index < -0.39 is 0 Å². The minimum Gasteiger partial charge on any atom is -0.368 e. The zero-order valence-corrected chi connectivity index (χ0v) is 8.89. The first-order valence-electron chi connectivity index (χ1n) is 4.41. The molecule has 1 aromatic rings. The van der Waals surface area contributed by atoms with Crippen molar-refractivity contribution in [2.75, 3.05) is 5.32 Å². The number of hydrogen-bond acceptors (Lipinski definition) is 3. The maximum absolute atomic E-state index is 5.75. The Morgan fingerprint density at radius 1 is 1.46 bits per heavy atom. The molecule has 0 unspecified atom stereocenters. The van der Waals surface area contributed by atoms with Crippen molar-refractivity contribution in [2.45, 2.75) is 33.2 Å². The first-order chi connectivity index (χ1) is 6.11. The number of hydrogen-bond donors (Lipinski definition) is 1. The fourth-order valence-electron chi connectivity index (χ4n) is 1.02. The van der Waals surface area contributed by atoms with Gasteiger partial charge in [0.05, 0.1) is 0 Å². The molecule has 0 spiro atoms. The summed E-state index contributed by atoms with van der Waals surface area (Å²) in [5.74, 6) is 0.798. The van der Waals surface area contributed by atoms with Crippen molar-refractivity contribution in [1.29, 1.82) is 0 Å². The summed E-state index contributed by atoms with van der Waals surface area (Å²) in [5, 5.41) is 3.49. The zero-order chi connectivity index (χ0) is 9.84. The van der Waals surface area contributed by atoms with Crippen LogP contribution in [0.4, 0.5) is 5.82 Å². The molecule has 0 saturated carbocycles. The molecular formula is C9H14ClN3. The van der Waals surface area contributed by atoms with Gasteiger partial charge in [-0.15, -0.1) is 0 Å². The van der Waals surface area contributed by atoms with Crippen molar-refractivity contribution in [3.05, 3.63) is 17.0 Å². The SMILES string of the molecule is CCc1cc(NC(C)C)nc(Cl)n1. The molecule has 0 aliphatic rings. The number of anilines is 1. The van der Waals surface area contributed by atoms with Crippen molar-refractivity contribution >= 4 is 17.4 Å². The Labute approximate surface area is 83.5 Å². The Bertz CT molecular complexity index is 286. The van der Waals surface area contributed by atoms with Crippen LogP contribution in [0.25, 0.3) is 0 Å². The lowest BCUT2D eigenvalue weighted by molar-refractivity contribution is 0.880. The average Bonchev–Trinajstić information content (AvgIpc) is 2.01. The molecule has 4 heteroatoms. The van der Waals surface area contributed by atoms with Gasteiger partial charge < -0.3 is 5.32 Å². The summed E-state index contributed by atoms with van der Waals surface area (Å²) in [6.07, 6.45) is 0.870. The van der Waals surface area contributed by atoms with E-state index in [-0.39, 0.29) is 0 Å². The highest BCUT2D eigenvalue weighted by molar-refractivity contribution is 6.28. The van der Waals surface area contributed by atoms with Gasteiger partial charge in [-0.3, -0.25) is 0 Å². The Morgan fingerprint density at radius 3 is 2.69 bits per heavy atom. The Morgan fingerprint density at radius 2 is 2.15 bits per heavy atom. The molecule has 0 atom stereocenters. The molecule has 13 heavy (non-hydrogen) atoms. The molecule has 72 valence electrons. The number of rotatable bonds is 3. The van der Waals surface area contributed by atoms with Gasteiger partial charge in [0.15, 0.2) is 0 Å². The van der Waals surface area contributed by atoms with Crippen LogP contribution in [0.2, 0.25) is 5.28 Å². The van der Waals surface area contributed by atoms with E-state index in [2.05, 4.69) is 29.1 Å². The number of nitrogens with one attached hydrogen (secondary N) is 1. The van der Waals surface area contributed by atoms with Crippen molar-refractivity contribution in [3.63, 3.8) is 0 Å². The van der Waals surface area contributed by atoms with E-state index >= 15 is 0 Å². The molecule has 0 aromatic carbocycles. The fraction of sp³-hybridized carbons (Fsp3) is 0.556. The van der Waals surface area contributed by atoms with E-state index in [9.17, 15) is 0 Å². The average molecular weight is 200 g/mol. The van der Waals surface area contributed by atoms with Crippen LogP contribution in [0.5, 0.6) is 0 Å². The number of aryl methyl sites for hydroxylation is 1. The van der Waals surface area contributed by atoms with Crippen LogP contribution < -0.4 is 5.32 Å². The second-order valence-corrected chi connectivity index (χ2v) is 3.50. The molecular weight excluding hydrogens is 186 g/mol. The van der Waals surface area contributed by atoms with E-state index in [1.54, 1.807) is 0 Å². The van der Waals surface area contributed by atoms with Crippen molar-refractivity contribution < 1.29 is 0 Å². The largest absolute Gasteiger partial charge is 0.368 e. The molecule has 0 amide bonds. The van der Waals surface area contributed by atoms with Crippen LogP contribution >= 0.6 is 11.6 Å². The highest BCUT2D eigenvalue weighted by Gasteiger charge is 2.02. The van der Waals surface area contributed by atoms with E-state index in [0.717, 1.165) is 17.9 Å². The second-order valence-electron chi connectivity index (χ2n) is 3.17. The molecule has 3 nitrogen and oxygen atoms in total. The summed E-state index contributed by atoms with van der Waals surface area (Å²) in [6.45, 7) is 6.15. The van der Waals surface area contributed by atoms with Crippen LogP contribution in [-0.2, 0) is 6.42 Å². The van der Waals surface area contributed by atoms with Crippen LogP contribution in [-0.4, -0.2) is 16.0 Å². The van der Waals surface area contributed by atoms with Gasteiger partial charge in [-0.25, -0.2) is 9.97 Å². The fourth-order valence-corrected chi connectivity index (χ4v) is 1.22. The molecule has 0 bridgehead atoms. The number of nitrogens with zero attached hydrogens (tertiary/aromatic N) is 2. The normalized spacial score (nSPS) is 10.5. The standard InChI is InChI=1S/C9H14ClN3/c1-4-7-5-8(11-6(2)3)13-9(10)12-7/h5-6H,4H2,1-3H3,(H,11,12,13). The number of halogens is 1. The van der Waals surface area contributed by atoms with Crippen LogP contribution in [0.1, 0.15) is 26.5 Å². The second kappa shape index (κ2) is 4.42. The highest BCUT2D eigenvalue weighted by atomic mass is 35.5. The summed E-state index contributed by atoms with van der Waals surface area (Å²) in [7, 11) is 0. The van der Waals surface area contributed by atoms with Gasteiger partial charge in [0.2, 0.25) is 5.28 Å². The Kier molecular flexibility index (Phi) is 3.48. The molecule has 0 fully saturated rings. The lowest BCUT2D eigenvalue weighted by atomic mass is 10.3. The highest BCUT2D eigenvalue weighted by Crippen LogP contribution is 2.11. The molecule has 1 N–H and O–H groups in total. The number of aromatic nitrogens is 2. The molecule has 0 aliphatic heterocycles. The quantitative estimate of drug-likeness (QED) is 0.761. The third-order valence-corrected chi connectivity index (χ3v) is 1.72. The maximum atomic E-state index is 5.75. The van der Waals surface area contributed by atoms with Crippen LogP contribution in [0.15, 0.2) is 6.07 Å². The van der Waals surface area contributed by atoms with E-state index in [1.807, 2.05) is 13.0 Å². The van der Waals surface area contributed by atoms with Gasteiger partial charge in [-0.2, -0.15) is 0 Å². The molecule has 1 rings (SSSR count). The summed E-state index contributed by atoms with van der Waals surface area (Å²) < 4.78 is 0. The van der Waals surface area contributed by atoms with Gasteiger partial charge in [-0.1, -0.05) is 6.92 Å². The lowest BCUT2D eigenvalue weighted by Crippen LogP contribution is -2.11. The smallest absolute Gasteiger partial charge is 0.224 e. The van der Waals surface area contributed by atoms with E-state index in [0.29, 0.717) is 11.3 Å². The summed E-state index contributed by atoms with van der Waals surface area (Å²) in [5.41, 5.74) is 0.961. The first-order valence-corrected chi connectivity index (χ1v) is 4.79. The monoisotopic (exact) mass is 199 g/mol. The third-order valence-electron chi connectivity index (χ3n) is 1.55. The molecule has 1 aromatic heterocycles. The van der Waals surface area contributed by atoms with Crippen LogP contribution in [0, 0.1) is 0 Å². The zero-order valence-electron chi connectivity index (χ0n) is 8.13. The Balaban J connectivity index is 2.88. The van der Waals surface area contributed by atoms with E-state index in [4.69, 9.17) is 11.6 Å². The van der Waals surface area contributed by atoms with Gasteiger partial charge >= 0.3 is 0 Å². The molecule has 0 radical (unpaired) electrons. The Hall–Kier alpha value is -0.830. The molecule has 0 aliphatic carbocycles. The summed E-state index contributed by atoms with van der Waals surface area (Å²) in [6, 6.07) is 2.28. The lowest BCUT2D eigenvalue weighted by Gasteiger charge is -2.09. The van der Waals surface area contributed by atoms with Crippen molar-refractivity contribution in [1.82, 2.24) is 9.97 Å².